The number of hydrogen-bond donors (Lipinski definition) is 2. The van der Waals surface area contributed by atoms with Crippen LogP contribution in [-0.4, -0.2) is 55.9 Å². The number of amides is 1. The number of hydrogen-bond acceptors (Lipinski definition) is 4. The summed E-state index contributed by atoms with van der Waals surface area (Å²) in [4.78, 5) is 13.8. The topological polar surface area (TPSA) is 53.6 Å². The average molecular weight is 271 g/mol. The lowest BCUT2D eigenvalue weighted by Gasteiger charge is -2.20. The fourth-order valence-corrected chi connectivity index (χ4v) is 2.22. The van der Waals surface area contributed by atoms with Gasteiger partial charge in [-0.2, -0.15) is 0 Å². The normalized spacial score (nSPS) is 20.5. The van der Waals surface area contributed by atoms with Crippen molar-refractivity contribution in [3.63, 3.8) is 0 Å². The maximum absolute atomic E-state index is 11.4. The van der Waals surface area contributed by atoms with Gasteiger partial charge in [0.1, 0.15) is 5.60 Å². The number of likely N-dealkylation sites (N-methyl/N-ethyl adjacent to an activating group) is 1. The van der Waals surface area contributed by atoms with Crippen molar-refractivity contribution < 1.29 is 9.53 Å². The lowest BCUT2D eigenvalue weighted by Crippen LogP contribution is -2.37. The Labute approximate surface area is 117 Å². The van der Waals surface area contributed by atoms with Gasteiger partial charge in [-0.15, -0.1) is 0 Å². The van der Waals surface area contributed by atoms with Crippen LogP contribution in [-0.2, 0) is 4.74 Å². The number of carbonyl (C=O) groups excluding carboxylic acids is 1. The van der Waals surface area contributed by atoms with E-state index in [1.165, 1.54) is 19.4 Å². The van der Waals surface area contributed by atoms with E-state index in [-0.39, 0.29) is 6.09 Å². The number of nitrogens with one attached hydrogen (secondary N) is 2. The summed E-state index contributed by atoms with van der Waals surface area (Å²) in [5, 5.41) is 6.21. The zero-order valence-electron chi connectivity index (χ0n) is 12.8. The SMILES string of the molecule is CN1CCCC1CNCCCNC(=O)OC(C)(C)C. The van der Waals surface area contributed by atoms with Crippen LogP contribution in [0.25, 0.3) is 0 Å². The van der Waals surface area contributed by atoms with Crippen molar-refractivity contribution in [3.8, 4) is 0 Å². The third kappa shape index (κ3) is 7.38. The fraction of sp³-hybridized carbons (Fsp3) is 0.929. The molecular formula is C14H29N3O2. The van der Waals surface area contributed by atoms with E-state index in [2.05, 4.69) is 22.6 Å². The Balaban J connectivity index is 1.95. The molecule has 2 N–H and O–H groups in total. The minimum atomic E-state index is -0.421. The van der Waals surface area contributed by atoms with Gasteiger partial charge in [0.25, 0.3) is 0 Å². The molecule has 5 nitrogen and oxygen atoms in total. The average Bonchev–Trinajstić information content (AvgIpc) is 2.67. The Bertz CT molecular complexity index is 276. The number of ether oxygens (including phenoxy) is 1. The van der Waals surface area contributed by atoms with Crippen LogP contribution in [0.3, 0.4) is 0 Å². The summed E-state index contributed by atoms with van der Waals surface area (Å²) >= 11 is 0. The van der Waals surface area contributed by atoms with Crippen molar-refractivity contribution in [2.75, 3.05) is 33.2 Å². The van der Waals surface area contributed by atoms with E-state index in [0.717, 1.165) is 19.5 Å². The van der Waals surface area contributed by atoms with Gasteiger partial charge in [-0.05, 0) is 60.2 Å². The molecule has 5 heteroatoms. The first-order valence-corrected chi connectivity index (χ1v) is 7.26. The smallest absolute Gasteiger partial charge is 0.407 e. The number of alkyl carbamates (subject to hydrolysis) is 1. The van der Waals surface area contributed by atoms with Gasteiger partial charge in [0.05, 0.1) is 0 Å². The van der Waals surface area contributed by atoms with Gasteiger partial charge in [-0.25, -0.2) is 4.79 Å². The molecule has 0 aromatic rings. The first kappa shape index (κ1) is 16.2. The van der Waals surface area contributed by atoms with E-state index >= 15 is 0 Å². The van der Waals surface area contributed by atoms with E-state index in [4.69, 9.17) is 4.74 Å². The number of rotatable bonds is 6. The Morgan fingerprint density at radius 3 is 2.68 bits per heavy atom. The molecule has 1 amide bonds. The Kier molecular flexibility index (Phi) is 6.58. The Morgan fingerprint density at radius 1 is 1.37 bits per heavy atom. The van der Waals surface area contributed by atoms with Crippen LogP contribution in [0, 0.1) is 0 Å². The molecule has 1 heterocycles. The van der Waals surface area contributed by atoms with Gasteiger partial charge in [0, 0.05) is 19.1 Å². The van der Waals surface area contributed by atoms with Gasteiger partial charge < -0.3 is 20.3 Å². The highest BCUT2D eigenvalue weighted by molar-refractivity contribution is 5.67. The molecule has 112 valence electrons. The summed E-state index contributed by atoms with van der Waals surface area (Å²) in [6, 6.07) is 0.679. The first-order chi connectivity index (χ1) is 8.88. The van der Waals surface area contributed by atoms with Crippen LogP contribution in [0.5, 0.6) is 0 Å². The van der Waals surface area contributed by atoms with Crippen molar-refractivity contribution in [1.82, 2.24) is 15.5 Å². The number of nitrogens with zero attached hydrogens (tertiary/aromatic N) is 1. The van der Waals surface area contributed by atoms with Crippen LogP contribution in [0.1, 0.15) is 40.0 Å². The lowest BCUT2D eigenvalue weighted by molar-refractivity contribution is 0.0527. The highest BCUT2D eigenvalue weighted by Gasteiger charge is 2.19. The van der Waals surface area contributed by atoms with Crippen molar-refractivity contribution >= 4 is 6.09 Å². The summed E-state index contributed by atoms with van der Waals surface area (Å²) in [7, 11) is 2.18. The highest BCUT2D eigenvalue weighted by atomic mass is 16.6. The summed E-state index contributed by atoms with van der Waals surface area (Å²) in [6.07, 6.45) is 3.20. The van der Waals surface area contributed by atoms with Crippen LogP contribution >= 0.6 is 0 Å². The highest BCUT2D eigenvalue weighted by Crippen LogP contribution is 2.13. The van der Waals surface area contributed by atoms with E-state index in [1.807, 2.05) is 20.8 Å². The van der Waals surface area contributed by atoms with Crippen molar-refractivity contribution in [2.45, 2.75) is 51.7 Å². The van der Waals surface area contributed by atoms with Gasteiger partial charge in [-0.3, -0.25) is 0 Å². The number of likely N-dealkylation sites (tertiary alicyclic amines) is 1. The molecule has 1 atom stereocenters. The molecule has 0 aromatic carbocycles. The minimum absolute atomic E-state index is 0.331. The third-order valence-corrected chi connectivity index (χ3v) is 3.25. The monoisotopic (exact) mass is 271 g/mol. The molecule has 1 fully saturated rings. The van der Waals surface area contributed by atoms with Crippen LogP contribution < -0.4 is 10.6 Å². The summed E-state index contributed by atoms with van der Waals surface area (Å²) < 4.78 is 5.16. The fourth-order valence-electron chi connectivity index (χ4n) is 2.22. The van der Waals surface area contributed by atoms with E-state index < -0.39 is 5.60 Å². The molecule has 1 rings (SSSR count). The zero-order valence-corrected chi connectivity index (χ0v) is 12.8. The van der Waals surface area contributed by atoms with Gasteiger partial charge in [-0.1, -0.05) is 0 Å². The molecule has 0 radical (unpaired) electrons. The molecular weight excluding hydrogens is 242 g/mol. The summed E-state index contributed by atoms with van der Waals surface area (Å²) in [5.74, 6) is 0. The molecule has 0 saturated carbocycles. The zero-order chi connectivity index (χ0) is 14.3. The first-order valence-electron chi connectivity index (χ1n) is 7.26. The molecule has 1 saturated heterocycles. The minimum Gasteiger partial charge on any atom is -0.444 e. The maximum atomic E-state index is 11.4. The molecule has 1 aliphatic rings. The van der Waals surface area contributed by atoms with Crippen LogP contribution in [0.4, 0.5) is 4.79 Å². The molecule has 0 aromatic heterocycles. The van der Waals surface area contributed by atoms with E-state index in [0.29, 0.717) is 12.6 Å². The molecule has 1 aliphatic heterocycles. The molecule has 19 heavy (non-hydrogen) atoms. The van der Waals surface area contributed by atoms with Gasteiger partial charge >= 0.3 is 6.09 Å². The summed E-state index contributed by atoms with van der Waals surface area (Å²) in [5.41, 5.74) is -0.421. The van der Waals surface area contributed by atoms with Crippen LogP contribution in [0.15, 0.2) is 0 Å². The predicted octanol–water partition coefficient (Wildman–Crippen LogP) is 1.58. The van der Waals surface area contributed by atoms with Crippen molar-refractivity contribution in [2.24, 2.45) is 0 Å². The standard InChI is InChI=1S/C14H29N3O2/c1-14(2,3)19-13(18)16-9-6-8-15-11-12-7-5-10-17(12)4/h12,15H,5-11H2,1-4H3,(H,16,18). The van der Waals surface area contributed by atoms with Crippen molar-refractivity contribution in [1.29, 1.82) is 0 Å². The maximum Gasteiger partial charge on any atom is 0.407 e. The second-order valence-corrected chi connectivity index (χ2v) is 6.26. The molecule has 0 spiro atoms. The molecule has 1 unspecified atom stereocenters. The molecule has 0 bridgehead atoms. The van der Waals surface area contributed by atoms with Crippen LogP contribution in [0.2, 0.25) is 0 Å². The Morgan fingerprint density at radius 2 is 2.11 bits per heavy atom. The second-order valence-electron chi connectivity index (χ2n) is 6.26. The predicted molar refractivity (Wildman–Crippen MR) is 77.4 cm³/mol. The number of carbonyl (C=O) groups is 1. The Hall–Kier alpha value is -0.810. The second kappa shape index (κ2) is 7.70. The summed E-state index contributed by atoms with van der Waals surface area (Å²) in [6.45, 7) is 9.45. The lowest BCUT2D eigenvalue weighted by atomic mass is 10.2. The van der Waals surface area contributed by atoms with Gasteiger partial charge in [0.15, 0.2) is 0 Å². The third-order valence-electron chi connectivity index (χ3n) is 3.25. The van der Waals surface area contributed by atoms with E-state index in [9.17, 15) is 4.79 Å². The van der Waals surface area contributed by atoms with Crippen molar-refractivity contribution in [3.05, 3.63) is 0 Å². The van der Waals surface area contributed by atoms with E-state index in [1.54, 1.807) is 0 Å². The van der Waals surface area contributed by atoms with Gasteiger partial charge in [0.2, 0.25) is 0 Å². The quantitative estimate of drug-likeness (QED) is 0.720. The largest absolute Gasteiger partial charge is 0.444 e. The molecule has 0 aliphatic carbocycles.